The minimum absolute atomic E-state index is 0.0511. The van der Waals surface area contributed by atoms with Crippen molar-refractivity contribution in [3.05, 3.63) is 105 Å². The zero-order valence-electron chi connectivity index (χ0n) is 29.4. The summed E-state index contributed by atoms with van der Waals surface area (Å²) < 4.78 is 139. The molecule has 1 aliphatic carbocycles. The zero-order chi connectivity index (χ0) is 42.7. The summed E-state index contributed by atoms with van der Waals surface area (Å²) in [5.41, 5.74) is -4.31. The van der Waals surface area contributed by atoms with Gasteiger partial charge in [-0.1, -0.05) is 54.1 Å². The Kier molecular flexibility index (Phi) is 10.7. The van der Waals surface area contributed by atoms with Crippen molar-refractivity contribution in [1.82, 2.24) is 4.98 Å². The topological polar surface area (TPSA) is 323 Å². The average molecular weight is 877 g/mol. The number of aryl methyl sites for hydroxylation is 1. The Bertz CT molecular complexity index is 3140. The van der Waals surface area contributed by atoms with Gasteiger partial charge in [0.1, 0.15) is 26.9 Å². The molecule has 0 unspecified atom stereocenters. The first-order valence-corrected chi connectivity index (χ1v) is 22.3. The lowest BCUT2D eigenvalue weighted by Gasteiger charge is -2.25. The summed E-state index contributed by atoms with van der Waals surface area (Å²) in [6.07, 6.45) is -1.31. The summed E-state index contributed by atoms with van der Waals surface area (Å²) >= 11 is 0. The Morgan fingerprint density at radius 1 is 0.724 bits per heavy atom. The van der Waals surface area contributed by atoms with E-state index in [1.165, 1.54) is 24.3 Å². The first kappa shape index (κ1) is 41.8. The van der Waals surface area contributed by atoms with Crippen molar-refractivity contribution in [3.8, 4) is 11.1 Å². The summed E-state index contributed by atoms with van der Waals surface area (Å²) in [5, 5.41) is 10.8. The van der Waals surface area contributed by atoms with Crippen LogP contribution in [0.15, 0.2) is 91.1 Å². The van der Waals surface area contributed by atoms with E-state index in [0.717, 1.165) is 5.56 Å². The third kappa shape index (κ3) is 8.00. The van der Waals surface area contributed by atoms with E-state index in [2.05, 4.69) is 10.3 Å². The standard InChI is InChI=1S/C35H28N2O17S4/c1-17-8-10-18(11-9-17)16-54-35(42)31-28-19-5-2-3-6-20(19)33(40)29-22(14-26(58(51,52)53)32(30(28)29)37-34(31)41)36-21-13-24(55(43,44)12-4-7-27(38)39)25(57(48,49)50)15-23(21)56(45,46)47/h2-3,5-6,8-11,13-15,36H,4,7,12,16H2,1H3,(H,37,41)(H,38,39)(H,45,46,47)(H,48,49,50)(H,51,52,53). The largest absolute Gasteiger partial charge is 0.481 e. The summed E-state index contributed by atoms with van der Waals surface area (Å²) in [6.45, 7) is 1.47. The number of fused-ring (bicyclic) bond motifs is 2. The highest BCUT2D eigenvalue weighted by Gasteiger charge is 2.37. The van der Waals surface area contributed by atoms with E-state index in [9.17, 15) is 66.5 Å². The number of esters is 1. The molecule has 19 nitrogen and oxygen atoms in total. The molecule has 0 bridgehead atoms. The third-order valence-electron chi connectivity index (χ3n) is 8.91. The SMILES string of the molecule is Cc1ccc(COC(=O)c2c3c4c(c(Nc5cc(S(=O)(=O)CCCC(=O)O)c(S(=O)(=O)O)cc5S(=O)(=O)O)cc(S(=O)(=O)O)c4[nH]c2=O)C(=O)c2ccccc2-3)cc1. The molecule has 1 aromatic heterocycles. The molecule has 1 aliphatic rings. The Morgan fingerprint density at radius 2 is 1.31 bits per heavy atom. The molecular formula is C35H28N2O17S4. The first-order valence-electron chi connectivity index (χ1n) is 16.4. The predicted molar refractivity (Wildman–Crippen MR) is 202 cm³/mol. The number of carboxylic acids is 1. The Morgan fingerprint density at radius 3 is 1.90 bits per heavy atom. The van der Waals surface area contributed by atoms with Crippen LogP contribution in [-0.4, -0.2) is 80.9 Å². The van der Waals surface area contributed by atoms with E-state index in [4.69, 9.17) is 9.84 Å². The van der Waals surface area contributed by atoms with Crippen LogP contribution < -0.4 is 10.9 Å². The minimum Gasteiger partial charge on any atom is -0.481 e. The van der Waals surface area contributed by atoms with Gasteiger partial charge in [-0.05, 0) is 42.7 Å². The van der Waals surface area contributed by atoms with Gasteiger partial charge in [-0.3, -0.25) is 28.0 Å². The summed E-state index contributed by atoms with van der Waals surface area (Å²) in [5.74, 6) is -4.69. The Balaban J connectivity index is 1.68. The number of H-pyrrole nitrogens is 1. The highest BCUT2D eigenvalue weighted by Crippen LogP contribution is 2.46. The molecule has 0 radical (unpaired) electrons. The molecule has 0 saturated heterocycles. The summed E-state index contributed by atoms with van der Waals surface area (Å²) in [7, 11) is -21.6. The molecule has 23 heteroatoms. The third-order valence-corrected chi connectivity index (χ3v) is 13.5. The number of sulfone groups is 1. The van der Waals surface area contributed by atoms with Crippen LogP contribution >= 0.6 is 0 Å². The monoisotopic (exact) mass is 876 g/mol. The van der Waals surface area contributed by atoms with Crippen molar-refractivity contribution < 1.29 is 71.6 Å². The van der Waals surface area contributed by atoms with Gasteiger partial charge in [0.15, 0.2) is 15.6 Å². The van der Waals surface area contributed by atoms with Crippen molar-refractivity contribution in [3.63, 3.8) is 0 Å². The highest BCUT2D eigenvalue weighted by molar-refractivity contribution is 7.92. The van der Waals surface area contributed by atoms with Crippen LogP contribution in [0.2, 0.25) is 0 Å². The number of carbonyl (C=O) groups excluding carboxylic acids is 2. The van der Waals surface area contributed by atoms with Gasteiger partial charge in [-0.25, -0.2) is 13.2 Å². The van der Waals surface area contributed by atoms with E-state index >= 15 is 0 Å². The number of pyridine rings is 1. The van der Waals surface area contributed by atoms with Crippen LogP contribution in [0.5, 0.6) is 0 Å². The number of rotatable bonds is 13. The minimum atomic E-state index is -5.62. The fourth-order valence-corrected chi connectivity index (χ4v) is 10.4. The van der Waals surface area contributed by atoms with Crippen molar-refractivity contribution in [1.29, 1.82) is 0 Å². The van der Waals surface area contributed by atoms with Crippen LogP contribution in [0.1, 0.15) is 50.2 Å². The predicted octanol–water partition coefficient (Wildman–Crippen LogP) is 3.53. The number of nitrogens with one attached hydrogen (secondary N) is 2. The first-order chi connectivity index (χ1) is 26.9. The van der Waals surface area contributed by atoms with E-state index in [0.29, 0.717) is 17.7 Å². The van der Waals surface area contributed by atoms with Gasteiger partial charge in [-0.15, -0.1) is 0 Å². The number of carboxylic acid groups (broad SMARTS) is 1. The van der Waals surface area contributed by atoms with Gasteiger partial charge in [-0.2, -0.15) is 25.3 Å². The average Bonchev–Trinajstić information content (AvgIpc) is 3.11. The lowest BCUT2D eigenvalue weighted by atomic mass is 9.81. The van der Waals surface area contributed by atoms with E-state index in [1.807, 2.05) is 6.92 Å². The fraction of sp³-hybridized carbons (Fsp3) is 0.143. The van der Waals surface area contributed by atoms with Gasteiger partial charge in [0.2, 0.25) is 0 Å². The van der Waals surface area contributed by atoms with Crippen LogP contribution in [-0.2, 0) is 56.3 Å². The van der Waals surface area contributed by atoms with Crippen LogP contribution in [0.25, 0.3) is 22.0 Å². The van der Waals surface area contributed by atoms with E-state index in [-0.39, 0.29) is 29.4 Å². The summed E-state index contributed by atoms with van der Waals surface area (Å²) in [6, 6.07) is 13.1. The van der Waals surface area contributed by atoms with Gasteiger partial charge < -0.3 is 20.1 Å². The lowest BCUT2D eigenvalue weighted by Crippen LogP contribution is -2.26. The van der Waals surface area contributed by atoms with Gasteiger partial charge in [0, 0.05) is 22.9 Å². The molecule has 58 heavy (non-hydrogen) atoms. The Labute approximate surface area is 328 Å². The van der Waals surface area contributed by atoms with Gasteiger partial charge in [0.05, 0.1) is 33.1 Å². The number of aromatic nitrogens is 1. The molecule has 5 aromatic rings. The molecule has 0 spiro atoms. The molecule has 4 aromatic carbocycles. The molecular weight excluding hydrogens is 849 g/mol. The number of hydrogen-bond donors (Lipinski definition) is 6. The molecule has 0 atom stereocenters. The number of benzene rings is 4. The second-order valence-electron chi connectivity index (χ2n) is 12.8. The molecule has 304 valence electrons. The second kappa shape index (κ2) is 14.8. The number of hydrogen-bond acceptors (Lipinski definition) is 14. The maximum atomic E-state index is 14.4. The van der Waals surface area contributed by atoms with Crippen molar-refractivity contribution in [2.45, 2.75) is 46.0 Å². The zero-order valence-corrected chi connectivity index (χ0v) is 32.7. The second-order valence-corrected chi connectivity index (χ2v) is 19.1. The quantitative estimate of drug-likeness (QED) is 0.0714. The van der Waals surface area contributed by atoms with Crippen LogP contribution in [0.4, 0.5) is 11.4 Å². The number of aliphatic carboxylic acids is 1. The number of anilines is 2. The summed E-state index contributed by atoms with van der Waals surface area (Å²) in [4.78, 5) is 49.7. The Hall–Kier alpha value is -5.82. The molecule has 0 aliphatic heterocycles. The van der Waals surface area contributed by atoms with Crippen LogP contribution in [0, 0.1) is 6.92 Å². The molecule has 6 rings (SSSR count). The van der Waals surface area contributed by atoms with Crippen LogP contribution in [0.3, 0.4) is 0 Å². The number of ether oxygens (including phenoxy) is 1. The van der Waals surface area contributed by atoms with Gasteiger partial charge >= 0.3 is 11.9 Å². The van der Waals surface area contributed by atoms with E-state index < -0.39 is 135 Å². The number of carbonyl (C=O) groups is 3. The van der Waals surface area contributed by atoms with Crippen molar-refractivity contribution in [2.75, 3.05) is 11.1 Å². The molecule has 0 fully saturated rings. The molecule has 1 heterocycles. The number of ketones is 1. The molecule has 0 amide bonds. The van der Waals surface area contributed by atoms with Crippen molar-refractivity contribution >= 4 is 80.2 Å². The van der Waals surface area contributed by atoms with Crippen molar-refractivity contribution in [2.24, 2.45) is 0 Å². The number of aromatic amines is 1. The normalized spacial score (nSPS) is 12.9. The molecule has 6 N–H and O–H groups in total. The smallest absolute Gasteiger partial charge is 0.344 e. The van der Waals surface area contributed by atoms with Gasteiger partial charge in [0.25, 0.3) is 35.9 Å². The maximum Gasteiger partial charge on any atom is 0.344 e. The lowest BCUT2D eigenvalue weighted by molar-refractivity contribution is -0.137. The maximum absolute atomic E-state index is 14.4. The molecule has 0 saturated carbocycles. The highest BCUT2D eigenvalue weighted by atomic mass is 32.2. The fourth-order valence-electron chi connectivity index (χ4n) is 6.35. The van der Waals surface area contributed by atoms with E-state index in [1.54, 1.807) is 24.3 Å².